The molecule has 1 heterocycles. The van der Waals surface area contributed by atoms with E-state index in [1.165, 1.54) is 22.9 Å². The number of carbonyl (C=O) groups is 1. The summed E-state index contributed by atoms with van der Waals surface area (Å²) in [4.78, 5) is 24.5. The lowest BCUT2D eigenvalue weighted by atomic mass is 9.98. The number of nitro benzene ring substituents is 1. The Kier molecular flexibility index (Phi) is 8.03. The summed E-state index contributed by atoms with van der Waals surface area (Å²) in [6.45, 7) is 6.05. The van der Waals surface area contributed by atoms with Crippen LogP contribution < -0.4 is 10.1 Å². The molecular weight excluding hydrogens is 590 g/mol. The second-order valence-electron chi connectivity index (χ2n) is 11.9. The lowest BCUT2D eigenvalue weighted by Crippen LogP contribution is -2.45. The van der Waals surface area contributed by atoms with E-state index in [9.17, 15) is 14.9 Å². The highest BCUT2D eigenvalue weighted by molar-refractivity contribution is 7.80. The maximum Gasteiger partial charge on any atom is 0.407 e. The van der Waals surface area contributed by atoms with E-state index < -0.39 is 17.1 Å². The molecule has 0 unspecified atom stereocenters. The SMILES string of the molecule is CC(C)(C)Oc1ccc(C[C@H](NC(=O)OCC2c3ccccc3-c3ccccc32)C(=S)n2nnc3ccc([N+](=O)[O-])cc32)cc1. The molecule has 11 heteroatoms. The first-order valence-corrected chi connectivity index (χ1v) is 14.9. The van der Waals surface area contributed by atoms with Gasteiger partial charge < -0.3 is 14.8 Å². The van der Waals surface area contributed by atoms with Crippen LogP contribution in [0.3, 0.4) is 0 Å². The van der Waals surface area contributed by atoms with Crippen LogP contribution in [0, 0.1) is 10.1 Å². The monoisotopic (exact) mass is 621 g/mol. The third kappa shape index (κ3) is 6.39. The Hall–Kier alpha value is -5.16. The van der Waals surface area contributed by atoms with Crippen molar-refractivity contribution in [2.75, 3.05) is 6.61 Å². The molecule has 1 aliphatic carbocycles. The van der Waals surface area contributed by atoms with Gasteiger partial charge in [0, 0.05) is 18.1 Å². The van der Waals surface area contributed by atoms with Gasteiger partial charge in [0.15, 0.2) is 0 Å². The van der Waals surface area contributed by atoms with Crippen LogP contribution in [0.25, 0.3) is 22.2 Å². The summed E-state index contributed by atoms with van der Waals surface area (Å²) in [6, 6.07) is 27.3. The number of hydrogen-bond donors (Lipinski definition) is 1. The van der Waals surface area contributed by atoms with Crippen LogP contribution in [0.1, 0.15) is 43.4 Å². The van der Waals surface area contributed by atoms with Crippen molar-refractivity contribution >= 4 is 40.0 Å². The number of carbonyl (C=O) groups excluding carboxylic acids is 1. The molecule has 0 saturated carbocycles. The number of rotatable bonds is 8. The second kappa shape index (κ2) is 12.1. The minimum atomic E-state index is -0.755. The number of fused-ring (bicyclic) bond motifs is 4. The van der Waals surface area contributed by atoms with Gasteiger partial charge >= 0.3 is 6.09 Å². The Morgan fingerprint density at radius 2 is 1.64 bits per heavy atom. The largest absolute Gasteiger partial charge is 0.488 e. The molecule has 6 rings (SSSR count). The zero-order chi connectivity index (χ0) is 31.7. The van der Waals surface area contributed by atoms with Crippen LogP contribution in [-0.4, -0.2) is 49.2 Å². The Bertz CT molecular complexity index is 1870. The van der Waals surface area contributed by atoms with E-state index >= 15 is 0 Å². The molecule has 4 aromatic carbocycles. The Morgan fingerprint density at radius 1 is 1.00 bits per heavy atom. The standard InChI is InChI=1S/C34H31N5O5S/c1-34(2,3)44-23-15-12-21(13-16-23)18-30(32(45)38-31-19-22(39(41)42)14-17-29(31)36-37-38)35-33(40)43-20-28-26-10-6-4-8-24(26)25-9-5-7-11-27(25)28/h4-17,19,28,30H,18,20H2,1-3H3,(H,35,40)/t30-/m0/s1. The molecular formula is C34H31N5O5S. The molecule has 0 radical (unpaired) electrons. The van der Waals surface area contributed by atoms with Crippen LogP contribution in [0.4, 0.5) is 10.5 Å². The predicted octanol–water partition coefficient (Wildman–Crippen LogP) is 6.84. The van der Waals surface area contributed by atoms with Crippen molar-refractivity contribution in [1.82, 2.24) is 20.3 Å². The highest BCUT2D eigenvalue weighted by Crippen LogP contribution is 2.44. The van der Waals surface area contributed by atoms with Crippen LogP contribution in [0.5, 0.6) is 5.75 Å². The molecule has 0 saturated heterocycles. The van der Waals surface area contributed by atoms with E-state index in [-0.39, 0.29) is 28.8 Å². The number of non-ortho nitro benzene ring substituents is 1. The molecule has 1 atom stereocenters. The number of amides is 1. The van der Waals surface area contributed by atoms with Gasteiger partial charge in [-0.1, -0.05) is 78.1 Å². The van der Waals surface area contributed by atoms with Crippen molar-refractivity contribution in [1.29, 1.82) is 0 Å². The molecule has 1 amide bonds. The summed E-state index contributed by atoms with van der Waals surface area (Å²) < 4.78 is 13.1. The van der Waals surface area contributed by atoms with Crippen LogP contribution >= 0.6 is 12.2 Å². The zero-order valence-corrected chi connectivity index (χ0v) is 25.8. The summed E-state index contributed by atoms with van der Waals surface area (Å²) in [6.07, 6.45) is -0.345. The number of ether oxygens (including phenoxy) is 2. The summed E-state index contributed by atoms with van der Waals surface area (Å²) in [5, 5.41) is 22.7. The van der Waals surface area contributed by atoms with Gasteiger partial charge in [-0.3, -0.25) is 10.1 Å². The first-order valence-electron chi connectivity index (χ1n) is 14.5. The van der Waals surface area contributed by atoms with E-state index in [1.54, 1.807) is 0 Å². The van der Waals surface area contributed by atoms with Gasteiger partial charge in [0.25, 0.3) is 5.69 Å². The normalized spacial score (nSPS) is 13.1. The van der Waals surface area contributed by atoms with E-state index in [0.29, 0.717) is 23.2 Å². The highest BCUT2D eigenvalue weighted by atomic mass is 32.1. The fourth-order valence-electron chi connectivity index (χ4n) is 5.60. The maximum atomic E-state index is 13.4. The minimum absolute atomic E-state index is 0.108. The second-order valence-corrected chi connectivity index (χ2v) is 12.3. The molecule has 1 aromatic heterocycles. The fourth-order valence-corrected chi connectivity index (χ4v) is 5.87. The average Bonchev–Trinajstić information content (AvgIpc) is 3.58. The predicted molar refractivity (Wildman–Crippen MR) is 175 cm³/mol. The van der Waals surface area contributed by atoms with Crippen molar-refractivity contribution < 1.29 is 19.2 Å². The Balaban J connectivity index is 1.25. The molecule has 0 fully saturated rings. The van der Waals surface area contributed by atoms with Gasteiger partial charge in [0.05, 0.1) is 11.0 Å². The molecule has 228 valence electrons. The quantitative estimate of drug-likeness (QED) is 0.114. The average molecular weight is 622 g/mol. The number of aromatic nitrogens is 3. The number of nitro groups is 1. The Morgan fingerprint density at radius 3 is 2.27 bits per heavy atom. The first-order chi connectivity index (χ1) is 21.6. The van der Waals surface area contributed by atoms with Gasteiger partial charge in [-0.25, -0.2) is 9.48 Å². The topological polar surface area (TPSA) is 121 Å². The number of alkyl carbamates (subject to hydrolysis) is 1. The van der Waals surface area contributed by atoms with E-state index in [0.717, 1.165) is 27.8 Å². The molecule has 1 N–H and O–H groups in total. The summed E-state index contributed by atoms with van der Waals surface area (Å²) in [5.74, 6) is 0.605. The number of benzene rings is 4. The molecule has 5 aromatic rings. The van der Waals surface area contributed by atoms with E-state index in [2.05, 4.69) is 39.9 Å². The molecule has 45 heavy (non-hydrogen) atoms. The lowest BCUT2D eigenvalue weighted by Gasteiger charge is -2.22. The molecule has 0 aliphatic heterocycles. The maximum absolute atomic E-state index is 13.4. The van der Waals surface area contributed by atoms with Crippen molar-refractivity contribution in [3.63, 3.8) is 0 Å². The Labute approximate surface area is 265 Å². The molecule has 10 nitrogen and oxygen atoms in total. The zero-order valence-electron chi connectivity index (χ0n) is 25.0. The van der Waals surface area contributed by atoms with Crippen molar-refractivity contribution in [3.05, 3.63) is 118 Å². The van der Waals surface area contributed by atoms with Crippen LogP contribution in [-0.2, 0) is 11.2 Å². The van der Waals surface area contributed by atoms with Gasteiger partial charge in [-0.05, 0) is 73.2 Å². The van der Waals surface area contributed by atoms with Crippen LogP contribution in [0.15, 0.2) is 91.0 Å². The summed E-state index contributed by atoms with van der Waals surface area (Å²) >= 11 is 5.84. The van der Waals surface area contributed by atoms with E-state index in [4.69, 9.17) is 21.7 Å². The third-order valence-electron chi connectivity index (χ3n) is 7.57. The van der Waals surface area contributed by atoms with Crippen LogP contribution in [0.2, 0.25) is 0 Å². The number of nitrogens with one attached hydrogen (secondary N) is 1. The fraction of sp³-hybridized carbons (Fsp3) is 0.235. The van der Waals surface area contributed by atoms with Gasteiger partial charge in [0.2, 0.25) is 0 Å². The van der Waals surface area contributed by atoms with Gasteiger partial charge in [0.1, 0.15) is 34.0 Å². The van der Waals surface area contributed by atoms with E-state index in [1.807, 2.05) is 69.3 Å². The lowest BCUT2D eigenvalue weighted by molar-refractivity contribution is -0.384. The van der Waals surface area contributed by atoms with Gasteiger partial charge in [-0.2, -0.15) is 0 Å². The first kappa shape index (κ1) is 29.9. The van der Waals surface area contributed by atoms with Crippen molar-refractivity contribution in [2.24, 2.45) is 0 Å². The minimum Gasteiger partial charge on any atom is -0.488 e. The molecule has 0 spiro atoms. The third-order valence-corrected chi connectivity index (χ3v) is 8.03. The summed E-state index contributed by atoms with van der Waals surface area (Å²) in [7, 11) is 0. The highest BCUT2D eigenvalue weighted by Gasteiger charge is 2.30. The smallest absolute Gasteiger partial charge is 0.407 e. The molecule has 1 aliphatic rings. The number of hydrogen-bond acceptors (Lipinski definition) is 8. The number of thiocarbonyl (C=S) groups is 1. The summed E-state index contributed by atoms with van der Waals surface area (Å²) in [5.41, 5.74) is 5.67. The van der Waals surface area contributed by atoms with Gasteiger partial charge in [-0.15, -0.1) is 5.10 Å². The number of nitrogens with zero attached hydrogens (tertiary/aromatic N) is 4. The van der Waals surface area contributed by atoms with Crippen molar-refractivity contribution in [2.45, 2.75) is 44.8 Å². The molecule has 0 bridgehead atoms. The van der Waals surface area contributed by atoms with Crippen molar-refractivity contribution in [3.8, 4) is 16.9 Å².